The number of hydrogen-bond donors (Lipinski definition) is 2. The molecule has 8 heterocycles. The van der Waals surface area contributed by atoms with E-state index < -0.39 is 25.0 Å². The Labute approximate surface area is 501 Å². The van der Waals surface area contributed by atoms with Gasteiger partial charge in [0.2, 0.25) is 0 Å². The fraction of sp³-hybridized carbons (Fsp3) is 0.242. The minimum atomic E-state index is -3.09. The van der Waals surface area contributed by atoms with Crippen LogP contribution in [0.4, 0.5) is 28.9 Å². The summed E-state index contributed by atoms with van der Waals surface area (Å²) in [6, 6.07) is 29.7. The number of ether oxygens (including phenoxy) is 4. The third kappa shape index (κ3) is 13.2. The SMILES string of the molecule is C=C(Cc1ccc(Oc2ccc(OC(F)F)c(-c3nn(C)cc3NC(=O)c3cnn4cccnc34)c2)cc1)N1CCN(C)CC1.CN1CC(CC#N)(c2ccc(Oc3ccc(OC(F)F)c(-c4nn(C)cc4NC(=O)c4cnn5cccnc45)c3)cc2)C1. The number of amides is 2. The first kappa shape index (κ1) is 59.1. The summed E-state index contributed by atoms with van der Waals surface area (Å²) in [7, 11) is 7.44. The van der Waals surface area contributed by atoms with Crippen LogP contribution >= 0.6 is 0 Å². The Hall–Kier alpha value is -10.7. The van der Waals surface area contributed by atoms with E-state index in [0.29, 0.717) is 40.7 Å². The number of fused-ring (bicyclic) bond motifs is 2. The highest BCUT2D eigenvalue weighted by Gasteiger charge is 2.42. The molecule has 2 saturated heterocycles. The van der Waals surface area contributed by atoms with E-state index in [1.54, 1.807) is 69.5 Å². The Morgan fingerprint density at radius 1 is 0.648 bits per heavy atom. The minimum absolute atomic E-state index is 0.123. The Balaban J connectivity index is 0.000000182. The summed E-state index contributed by atoms with van der Waals surface area (Å²) in [6.45, 7) is 3.67. The van der Waals surface area contributed by atoms with Gasteiger partial charge in [-0.2, -0.15) is 43.2 Å². The highest BCUT2D eigenvalue weighted by atomic mass is 19.3. The zero-order valence-corrected chi connectivity index (χ0v) is 48.1. The lowest BCUT2D eigenvalue weighted by Gasteiger charge is -2.48. The largest absolute Gasteiger partial charge is 0.457 e. The maximum atomic E-state index is 13.4. The third-order valence-corrected chi connectivity index (χ3v) is 14.8. The average molecular weight is 1200 g/mol. The summed E-state index contributed by atoms with van der Waals surface area (Å²) in [4.78, 5) is 41.6. The zero-order valence-electron chi connectivity index (χ0n) is 48.1. The number of likely N-dealkylation sites (tertiary alicyclic amines) is 1. The van der Waals surface area contributed by atoms with Crippen molar-refractivity contribution in [1.82, 2.24) is 63.5 Å². The van der Waals surface area contributed by atoms with Crippen molar-refractivity contribution in [3.63, 3.8) is 0 Å². The molecule has 10 aromatic rings. The number of benzene rings is 4. The van der Waals surface area contributed by atoms with Crippen LogP contribution in [0.25, 0.3) is 33.8 Å². The van der Waals surface area contributed by atoms with Gasteiger partial charge in [0, 0.05) is 114 Å². The molecule has 2 amide bonds. The third-order valence-electron chi connectivity index (χ3n) is 14.8. The van der Waals surface area contributed by atoms with E-state index >= 15 is 0 Å². The van der Waals surface area contributed by atoms with Crippen LogP contribution in [-0.2, 0) is 25.9 Å². The summed E-state index contributed by atoms with van der Waals surface area (Å²) in [5.74, 6) is 0.541. The quantitative estimate of drug-likeness (QED) is 0.0719. The number of rotatable bonds is 19. The smallest absolute Gasteiger partial charge is 0.387 e. The topological polar surface area (TPSA) is 225 Å². The molecular formula is C62H58F4N16O6. The first-order valence-electron chi connectivity index (χ1n) is 27.6. The molecule has 88 heavy (non-hydrogen) atoms. The second-order valence-electron chi connectivity index (χ2n) is 21.2. The molecule has 0 radical (unpaired) electrons. The molecule has 0 unspecified atom stereocenters. The molecule has 26 heteroatoms. The molecule has 4 aromatic carbocycles. The zero-order chi connectivity index (χ0) is 61.6. The van der Waals surface area contributed by atoms with Gasteiger partial charge in [-0.3, -0.25) is 19.0 Å². The van der Waals surface area contributed by atoms with Crippen molar-refractivity contribution in [3.8, 4) is 63.1 Å². The fourth-order valence-corrected chi connectivity index (χ4v) is 10.7. The Morgan fingerprint density at radius 2 is 1.11 bits per heavy atom. The van der Waals surface area contributed by atoms with Gasteiger partial charge in [-0.15, -0.1) is 0 Å². The van der Waals surface area contributed by atoms with Crippen LogP contribution in [0.5, 0.6) is 34.5 Å². The fourth-order valence-electron chi connectivity index (χ4n) is 10.7. The maximum Gasteiger partial charge on any atom is 0.387 e. The number of carbonyl (C=O) groups excluding carboxylic acids is 2. The summed E-state index contributed by atoms with van der Waals surface area (Å²) in [6.07, 6.45) is 13.5. The number of likely N-dealkylation sites (N-methyl/N-ethyl adjacent to an activating group) is 2. The lowest BCUT2D eigenvalue weighted by Crippen LogP contribution is -2.57. The highest BCUT2D eigenvalue weighted by molar-refractivity contribution is 6.10. The van der Waals surface area contributed by atoms with Crippen LogP contribution in [0.3, 0.4) is 0 Å². The van der Waals surface area contributed by atoms with Gasteiger partial charge in [-0.25, -0.2) is 19.0 Å². The van der Waals surface area contributed by atoms with Crippen molar-refractivity contribution in [2.45, 2.75) is 31.5 Å². The van der Waals surface area contributed by atoms with Crippen molar-refractivity contribution < 1.29 is 46.1 Å². The van der Waals surface area contributed by atoms with Crippen LogP contribution in [0.2, 0.25) is 0 Å². The Kier molecular flexibility index (Phi) is 17.1. The summed E-state index contributed by atoms with van der Waals surface area (Å²) >= 11 is 0. The molecule has 2 aliphatic rings. The molecule has 2 fully saturated rings. The van der Waals surface area contributed by atoms with E-state index in [1.807, 2.05) is 55.6 Å². The number of carbonyl (C=O) groups is 2. The van der Waals surface area contributed by atoms with Gasteiger partial charge in [0.25, 0.3) is 11.8 Å². The molecule has 6 aromatic heterocycles. The molecule has 0 saturated carbocycles. The molecule has 450 valence electrons. The monoisotopic (exact) mass is 1200 g/mol. The number of aromatic nitrogens is 10. The van der Waals surface area contributed by atoms with Crippen molar-refractivity contribution in [3.05, 3.63) is 181 Å². The first-order chi connectivity index (χ1) is 42.5. The van der Waals surface area contributed by atoms with Gasteiger partial charge in [0.1, 0.15) is 57.0 Å². The number of nitriles is 1. The lowest BCUT2D eigenvalue weighted by molar-refractivity contribution is -0.0501. The van der Waals surface area contributed by atoms with E-state index in [1.165, 1.54) is 61.1 Å². The second kappa shape index (κ2) is 25.5. The number of anilines is 2. The van der Waals surface area contributed by atoms with Crippen LogP contribution in [0, 0.1) is 11.3 Å². The molecule has 0 aliphatic carbocycles. The van der Waals surface area contributed by atoms with E-state index in [9.17, 15) is 32.4 Å². The number of piperazine rings is 1. The summed E-state index contributed by atoms with van der Waals surface area (Å²) < 4.78 is 81.2. The normalized spacial score (nSPS) is 14.0. The predicted molar refractivity (Wildman–Crippen MR) is 317 cm³/mol. The van der Waals surface area contributed by atoms with Crippen LogP contribution in [0.15, 0.2) is 159 Å². The number of allylic oxidation sites excluding steroid dienone is 1. The number of nitrogens with zero attached hydrogens (tertiary/aromatic N) is 14. The van der Waals surface area contributed by atoms with Gasteiger partial charge < -0.3 is 44.3 Å². The lowest BCUT2D eigenvalue weighted by atomic mass is 9.72. The molecular weight excluding hydrogens is 1140 g/mol. The van der Waals surface area contributed by atoms with E-state index in [-0.39, 0.29) is 61.9 Å². The van der Waals surface area contributed by atoms with Crippen molar-refractivity contribution in [2.75, 3.05) is 64.0 Å². The summed E-state index contributed by atoms with van der Waals surface area (Å²) in [5, 5.41) is 32.1. The number of halogens is 4. The van der Waals surface area contributed by atoms with Gasteiger partial charge in [-0.05, 0) is 98.0 Å². The molecule has 2 aliphatic heterocycles. The average Bonchev–Trinajstić information content (AvgIpc) is 1.88. The Bertz CT molecular complexity index is 4200. The molecule has 0 atom stereocenters. The molecule has 12 rings (SSSR count). The van der Waals surface area contributed by atoms with Gasteiger partial charge >= 0.3 is 13.2 Å². The molecule has 0 bridgehead atoms. The van der Waals surface area contributed by atoms with Crippen molar-refractivity contribution in [2.24, 2.45) is 14.1 Å². The van der Waals surface area contributed by atoms with Crippen molar-refractivity contribution in [1.29, 1.82) is 5.26 Å². The van der Waals surface area contributed by atoms with Gasteiger partial charge in [0.15, 0.2) is 11.3 Å². The molecule has 2 N–H and O–H groups in total. The Morgan fingerprint density at radius 3 is 1.57 bits per heavy atom. The molecule has 22 nitrogen and oxygen atoms in total. The number of aryl methyl sites for hydroxylation is 2. The second-order valence-corrected chi connectivity index (χ2v) is 21.2. The summed E-state index contributed by atoms with van der Waals surface area (Å²) in [5.41, 5.74) is 5.56. The van der Waals surface area contributed by atoms with Gasteiger partial charge in [-0.1, -0.05) is 30.8 Å². The number of nitrogens with one attached hydrogen (secondary N) is 2. The minimum Gasteiger partial charge on any atom is -0.457 e. The highest BCUT2D eigenvalue weighted by Crippen LogP contribution is 2.42. The van der Waals surface area contributed by atoms with Gasteiger partial charge in [0.05, 0.1) is 41.0 Å². The van der Waals surface area contributed by atoms with E-state index in [4.69, 9.17) is 18.9 Å². The van der Waals surface area contributed by atoms with Crippen LogP contribution in [-0.4, -0.2) is 142 Å². The first-order valence-corrected chi connectivity index (χ1v) is 27.6. The number of alkyl halides is 4. The predicted octanol–water partition coefficient (Wildman–Crippen LogP) is 9.95. The van der Waals surface area contributed by atoms with Crippen LogP contribution < -0.4 is 29.6 Å². The standard InChI is InChI=1S/C32H32F2N8O3.C30H26F2N8O3/c1-21(41-15-13-39(2)14-16-41)17-22-5-7-23(8-6-22)44-24-9-10-28(45-32(33)34)25(18-24)29-27(20-40(3)38-29)37-31(43)26-19-36-42-12-4-11-35-30(26)42;1-38-17-30(18-38,10-11-33)19-4-6-20(7-5-19)42-21-8-9-25(43-29(31)32)22(14-21)26-24(16-39(2)37-26)36-28(41)23-15-35-40-13-3-12-34-27(23)40/h4-12,18-20,32H,1,13-17H2,2-3H3,(H,37,43);3-9,12-16,29H,10,17-18H2,1-2H3,(H,36,41). The van der Waals surface area contributed by atoms with Crippen molar-refractivity contribution >= 4 is 34.5 Å². The molecule has 0 spiro atoms. The number of hydrogen-bond acceptors (Lipinski definition) is 16. The van der Waals surface area contributed by atoms with E-state index in [0.717, 1.165) is 62.5 Å². The van der Waals surface area contributed by atoms with Crippen LogP contribution in [0.1, 0.15) is 38.3 Å². The van der Waals surface area contributed by atoms with E-state index in [2.05, 4.69) is 75.4 Å². The maximum absolute atomic E-state index is 13.4.